The van der Waals surface area contributed by atoms with Crippen LogP contribution in [0.3, 0.4) is 0 Å². The minimum absolute atomic E-state index is 0.285. The van der Waals surface area contributed by atoms with Gasteiger partial charge in [0.1, 0.15) is 0 Å². The average Bonchev–Trinajstić information content (AvgIpc) is 2.42. The van der Waals surface area contributed by atoms with Crippen LogP contribution in [-0.2, 0) is 4.43 Å². The molecule has 1 saturated carbocycles. The van der Waals surface area contributed by atoms with Crippen LogP contribution in [0.2, 0.25) is 6.04 Å². The second-order valence-corrected chi connectivity index (χ2v) is 6.85. The van der Waals surface area contributed by atoms with Gasteiger partial charge in [-0.1, -0.05) is 26.7 Å². The summed E-state index contributed by atoms with van der Waals surface area (Å²) in [5, 5.41) is 0. The maximum Gasteiger partial charge on any atom is 0.162 e. The van der Waals surface area contributed by atoms with Crippen LogP contribution < -0.4 is 0 Å². The van der Waals surface area contributed by atoms with Crippen LogP contribution in [0.5, 0.6) is 0 Å². The van der Waals surface area contributed by atoms with Crippen molar-refractivity contribution in [1.82, 2.24) is 0 Å². The van der Waals surface area contributed by atoms with Gasteiger partial charge < -0.3 is 4.43 Å². The Bertz CT molecular complexity index is 223. The summed E-state index contributed by atoms with van der Waals surface area (Å²) < 4.78 is 6.01. The van der Waals surface area contributed by atoms with Gasteiger partial charge in [0.05, 0.1) is 0 Å². The zero-order valence-corrected chi connectivity index (χ0v) is 13.8. The molecular formula is C15H31NOSi. The molecule has 0 aromatic rings. The lowest BCUT2D eigenvalue weighted by atomic mass is 9.98. The van der Waals surface area contributed by atoms with Crippen molar-refractivity contribution in [2.24, 2.45) is 4.99 Å². The van der Waals surface area contributed by atoms with E-state index in [0.717, 1.165) is 6.54 Å². The van der Waals surface area contributed by atoms with Crippen LogP contribution in [-0.4, -0.2) is 28.1 Å². The molecule has 18 heavy (non-hydrogen) atoms. The maximum atomic E-state index is 6.01. The predicted octanol–water partition coefficient (Wildman–Crippen LogP) is 3.88. The molecule has 0 saturated heterocycles. The molecule has 1 atom stereocenters. The number of hydrogen-bond acceptors (Lipinski definition) is 2. The third-order valence-corrected chi connectivity index (χ3v) is 5.23. The van der Waals surface area contributed by atoms with Crippen LogP contribution in [0.4, 0.5) is 0 Å². The number of aliphatic imine (C=N–C) groups is 1. The Morgan fingerprint density at radius 3 is 2.67 bits per heavy atom. The smallest absolute Gasteiger partial charge is 0.162 e. The predicted molar refractivity (Wildman–Crippen MR) is 83.4 cm³/mol. The zero-order valence-electron chi connectivity index (χ0n) is 12.4. The molecule has 0 bridgehead atoms. The molecule has 1 aliphatic carbocycles. The Kier molecular flexibility index (Phi) is 9.49. The van der Waals surface area contributed by atoms with Gasteiger partial charge in [-0.25, -0.2) is 0 Å². The maximum absolute atomic E-state index is 6.01. The summed E-state index contributed by atoms with van der Waals surface area (Å²) in [6.07, 6.45) is 12.2. The Balaban J connectivity index is 1.97. The van der Waals surface area contributed by atoms with Gasteiger partial charge in [0.2, 0.25) is 0 Å². The van der Waals surface area contributed by atoms with Gasteiger partial charge in [-0.15, -0.1) is 0 Å². The van der Waals surface area contributed by atoms with Gasteiger partial charge >= 0.3 is 0 Å². The summed E-state index contributed by atoms with van der Waals surface area (Å²) in [6.45, 7) is 5.54. The Morgan fingerprint density at radius 2 is 2.00 bits per heavy atom. The molecule has 106 valence electrons. The summed E-state index contributed by atoms with van der Waals surface area (Å²) in [4.78, 5) is 4.74. The third kappa shape index (κ3) is 7.32. The van der Waals surface area contributed by atoms with Crippen LogP contribution in [0, 0.1) is 0 Å². The SMILES string of the molecule is CCCC(CC)O[SiH2]CCCN=C1CCCCC1. The van der Waals surface area contributed by atoms with Gasteiger partial charge in [-0.05, 0) is 51.0 Å². The fourth-order valence-electron chi connectivity index (χ4n) is 2.55. The van der Waals surface area contributed by atoms with Crippen molar-refractivity contribution in [3.05, 3.63) is 0 Å². The van der Waals surface area contributed by atoms with Crippen molar-refractivity contribution in [2.45, 2.75) is 83.8 Å². The molecule has 0 radical (unpaired) electrons. The number of rotatable bonds is 9. The topological polar surface area (TPSA) is 21.6 Å². The van der Waals surface area contributed by atoms with E-state index in [1.807, 2.05) is 0 Å². The van der Waals surface area contributed by atoms with Crippen LogP contribution in [0.1, 0.15) is 71.6 Å². The zero-order chi connectivity index (χ0) is 13.1. The molecule has 0 N–H and O–H groups in total. The highest BCUT2D eigenvalue weighted by molar-refractivity contribution is 6.27. The minimum Gasteiger partial charge on any atom is -0.421 e. The monoisotopic (exact) mass is 269 g/mol. The largest absolute Gasteiger partial charge is 0.421 e. The molecule has 1 fully saturated rings. The van der Waals surface area contributed by atoms with Crippen molar-refractivity contribution < 1.29 is 4.43 Å². The second-order valence-electron chi connectivity index (χ2n) is 5.41. The lowest BCUT2D eigenvalue weighted by Gasteiger charge is -2.15. The molecule has 0 heterocycles. The van der Waals surface area contributed by atoms with Gasteiger partial charge in [0.15, 0.2) is 9.76 Å². The van der Waals surface area contributed by atoms with E-state index in [2.05, 4.69) is 13.8 Å². The summed E-state index contributed by atoms with van der Waals surface area (Å²) >= 11 is 0. The highest BCUT2D eigenvalue weighted by Gasteiger charge is 2.06. The van der Waals surface area contributed by atoms with Gasteiger partial charge in [0, 0.05) is 18.4 Å². The molecule has 2 nitrogen and oxygen atoms in total. The van der Waals surface area contributed by atoms with Crippen molar-refractivity contribution >= 4 is 15.5 Å². The van der Waals surface area contributed by atoms with E-state index in [9.17, 15) is 0 Å². The van der Waals surface area contributed by atoms with E-state index in [1.54, 1.807) is 0 Å². The van der Waals surface area contributed by atoms with Crippen LogP contribution in [0.25, 0.3) is 0 Å². The molecule has 0 spiro atoms. The van der Waals surface area contributed by atoms with E-state index >= 15 is 0 Å². The second kappa shape index (κ2) is 10.7. The standard InChI is InChI=1S/C15H31NOSi/c1-3-9-15(4-2)17-18-13-8-12-16-14-10-6-5-7-11-14/h15H,3-13,18H2,1-2H3. The Labute approximate surface area is 116 Å². The molecular weight excluding hydrogens is 238 g/mol. The van der Waals surface area contributed by atoms with E-state index in [1.165, 1.54) is 69.5 Å². The lowest BCUT2D eigenvalue weighted by Crippen LogP contribution is -2.14. The molecule has 1 rings (SSSR count). The van der Waals surface area contributed by atoms with Crippen molar-refractivity contribution in [3.8, 4) is 0 Å². The first-order valence-corrected chi connectivity index (χ1v) is 9.58. The molecule has 0 aromatic heterocycles. The minimum atomic E-state index is -0.285. The molecule has 0 amide bonds. The van der Waals surface area contributed by atoms with E-state index < -0.39 is 0 Å². The average molecular weight is 270 g/mol. The fraction of sp³-hybridized carbons (Fsp3) is 0.933. The van der Waals surface area contributed by atoms with Crippen LogP contribution in [0.15, 0.2) is 4.99 Å². The third-order valence-electron chi connectivity index (χ3n) is 3.74. The fourth-order valence-corrected chi connectivity index (χ4v) is 3.88. The van der Waals surface area contributed by atoms with Gasteiger partial charge in [-0.2, -0.15) is 0 Å². The Morgan fingerprint density at radius 1 is 1.22 bits per heavy atom. The lowest BCUT2D eigenvalue weighted by molar-refractivity contribution is 0.194. The first-order valence-electron chi connectivity index (χ1n) is 8.00. The normalized spacial score (nSPS) is 18.4. The van der Waals surface area contributed by atoms with E-state index in [0.29, 0.717) is 6.10 Å². The molecule has 1 aliphatic rings. The molecule has 1 unspecified atom stereocenters. The van der Waals surface area contributed by atoms with Gasteiger partial charge in [-0.3, -0.25) is 4.99 Å². The summed E-state index contributed by atoms with van der Waals surface area (Å²) in [7, 11) is -0.285. The van der Waals surface area contributed by atoms with E-state index in [4.69, 9.17) is 9.42 Å². The Hall–Kier alpha value is -0.153. The van der Waals surface area contributed by atoms with Crippen molar-refractivity contribution in [1.29, 1.82) is 0 Å². The summed E-state index contributed by atoms with van der Waals surface area (Å²) in [5.41, 5.74) is 1.49. The highest BCUT2D eigenvalue weighted by atomic mass is 28.2. The highest BCUT2D eigenvalue weighted by Crippen LogP contribution is 2.15. The summed E-state index contributed by atoms with van der Waals surface area (Å²) in [6, 6.07) is 1.30. The van der Waals surface area contributed by atoms with Crippen molar-refractivity contribution in [3.63, 3.8) is 0 Å². The molecule has 0 aromatic carbocycles. The van der Waals surface area contributed by atoms with Gasteiger partial charge in [0.25, 0.3) is 0 Å². The quantitative estimate of drug-likeness (QED) is 0.460. The molecule has 3 heteroatoms. The van der Waals surface area contributed by atoms with Crippen molar-refractivity contribution in [2.75, 3.05) is 6.54 Å². The first kappa shape index (κ1) is 15.9. The number of hydrogen-bond donors (Lipinski definition) is 0. The van der Waals surface area contributed by atoms with E-state index in [-0.39, 0.29) is 9.76 Å². The first-order chi connectivity index (χ1) is 8.86. The summed E-state index contributed by atoms with van der Waals surface area (Å²) in [5.74, 6) is 0. The number of nitrogens with zero attached hydrogens (tertiary/aromatic N) is 1. The van der Waals surface area contributed by atoms with Crippen LogP contribution >= 0.6 is 0 Å². The molecule has 0 aliphatic heterocycles.